The van der Waals surface area contributed by atoms with Crippen molar-refractivity contribution in [1.29, 1.82) is 0 Å². The second-order valence-corrected chi connectivity index (χ2v) is 6.14. The Morgan fingerprint density at radius 1 is 1.38 bits per heavy atom. The number of carbonyl (C=O) groups excluding carboxylic acids is 1. The number of hydrogen-bond donors (Lipinski definition) is 1. The maximum Gasteiger partial charge on any atom is 0.258 e. The van der Waals surface area contributed by atoms with E-state index >= 15 is 0 Å². The first kappa shape index (κ1) is 15.4. The van der Waals surface area contributed by atoms with Crippen LogP contribution in [0.5, 0.6) is 5.75 Å². The first-order chi connectivity index (χ1) is 9.80. The summed E-state index contributed by atoms with van der Waals surface area (Å²) in [4.78, 5) is 16.3. The fraction of sp³-hybridized carbons (Fsp3) is 0.500. The van der Waals surface area contributed by atoms with Gasteiger partial charge in [-0.3, -0.25) is 4.79 Å². The topological polar surface area (TPSA) is 56.2 Å². The Bertz CT molecular complexity index is 653. The van der Waals surface area contributed by atoms with Crippen LogP contribution < -0.4 is 10.1 Å². The summed E-state index contributed by atoms with van der Waals surface area (Å²) in [6.45, 7) is 10.8. The number of aryl methyl sites for hydroxylation is 2. The summed E-state index contributed by atoms with van der Waals surface area (Å²) in [5.41, 5.74) is 1.73. The molecule has 1 N–H and O–H groups in total. The highest BCUT2D eigenvalue weighted by Gasteiger charge is 2.14. The molecule has 0 unspecified atom stereocenters. The number of fused-ring (bicyclic) bond motifs is 1. The monoisotopic (exact) mass is 289 g/mol. The van der Waals surface area contributed by atoms with Gasteiger partial charge in [-0.1, -0.05) is 0 Å². The summed E-state index contributed by atoms with van der Waals surface area (Å²) in [6, 6.07) is 5.70. The Hall–Kier alpha value is -2.04. The quantitative estimate of drug-likeness (QED) is 0.941. The van der Waals surface area contributed by atoms with Gasteiger partial charge in [-0.05, 0) is 46.8 Å². The molecule has 0 bridgehead atoms. The van der Waals surface area contributed by atoms with Crippen LogP contribution in [0.1, 0.15) is 33.5 Å². The molecule has 1 aromatic carbocycles. The second-order valence-electron chi connectivity index (χ2n) is 6.14. The molecule has 0 fully saturated rings. The number of hydrogen-bond acceptors (Lipinski definition) is 3. The number of benzene rings is 1. The van der Waals surface area contributed by atoms with E-state index in [1.165, 1.54) is 0 Å². The average Bonchev–Trinajstić information content (AvgIpc) is 2.68. The molecule has 0 saturated carbocycles. The smallest absolute Gasteiger partial charge is 0.258 e. The van der Waals surface area contributed by atoms with E-state index in [0.717, 1.165) is 23.4 Å². The van der Waals surface area contributed by atoms with Crippen LogP contribution in [0, 0.1) is 6.92 Å². The lowest BCUT2D eigenvalue weighted by Gasteiger charge is -2.20. The summed E-state index contributed by atoms with van der Waals surface area (Å²) in [6.07, 6.45) is 0. The van der Waals surface area contributed by atoms with Crippen LogP contribution in [0.25, 0.3) is 11.0 Å². The van der Waals surface area contributed by atoms with E-state index in [9.17, 15) is 4.79 Å². The lowest BCUT2D eigenvalue weighted by atomic mass is 10.1. The van der Waals surface area contributed by atoms with Crippen LogP contribution in [-0.2, 0) is 11.3 Å². The fourth-order valence-electron chi connectivity index (χ4n) is 2.32. The van der Waals surface area contributed by atoms with Gasteiger partial charge in [0.1, 0.15) is 11.6 Å². The molecule has 0 atom stereocenters. The molecule has 21 heavy (non-hydrogen) atoms. The molecular formula is C16H23N3O2. The van der Waals surface area contributed by atoms with Crippen molar-refractivity contribution in [1.82, 2.24) is 14.9 Å². The van der Waals surface area contributed by atoms with Gasteiger partial charge >= 0.3 is 0 Å². The molecule has 0 aliphatic heterocycles. The van der Waals surface area contributed by atoms with Gasteiger partial charge < -0.3 is 14.6 Å². The molecular weight excluding hydrogens is 266 g/mol. The Labute approximate surface area is 125 Å². The highest BCUT2D eigenvalue weighted by atomic mass is 16.5. The molecule has 2 aromatic rings. The zero-order valence-electron chi connectivity index (χ0n) is 13.4. The van der Waals surface area contributed by atoms with Gasteiger partial charge in [-0.2, -0.15) is 0 Å². The average molecular weight is 289 g/mol. The van der Waals surface area contributed by atoms with Crippen LogP contribution in [0.4, 0.5) is 0 Å². The van der Waals surface area contributed by atoms with Crippen molar-refractivity contribution in [3.63, 3.8) is 0 Å². The highest BCUT2D eigenvalue weighted by Crippen LogP contribution is 2.22. The number of amides is 1. The molecule has 5 nitrogen and oxygen atoms in total. The number of nitrogens with one attached hydrogen (secondary N) is 1. The predicted molar refractivity (Wildman–Crippen MR) is 83.5 cm³/mol. The Morgan fingerprint density at radius 2 is 2.10 bits per heavy atom. The SMILES string of the molecule is CCn1c(C)nc2ccc(OCC(=O)NC(C)(C)C)cc21. The minimum Gasteiger partial charge on any atom is -0.484 e. The van der Waals surface area contributed by atoms with Gasteiger partial charge in [0.2, 0.25) is 0 Å². The minimum absolute atomic E-state index is 0.0159. The van der Waals surface area contributed by atoms with E-state index in [2.05, 4.69) is 21.8 Å². The van der Waals surface area contributed by atoms with E-state index in [1.807, 2.05) is 45.9 Å². The zero-order valence-corrected chi connectivity index (χ0v) is 13.4. The van der Waals surface area contributed by atoms with Crippen molar-refractivity contribution < 1.29 is 9.53 Å². The number of rotatable bonds is 4. The third-order valence-corrected chi connectivity index (χ3v) is 3.11. The van der Waals surface area contributed by atoms with E-state index in [1.54, 1.807) is 0 Å². The molecule has 2 rings (SSSR count). The summed E-state index contributed by atoms with van der Waals surface area (Å²) >= 11 is 0. The third-order valence-electron chi connectivity index (χ3n) is 3.11. The normalized spacial score (nSPS) is 11.7. The fourth-order valence-corrected chi connectivity index (χ4v) is 2.32. The van der Waals surface area contributed by atoms with Crippen molar-refractivity contribution in [2.75, 3.05) is 6.61 Å². The molecule has 0 aliphatic rings. The van der Waals surface area contributed by atoms with E-state index in [0.29, 0.717) is 5.75 Å². The van der Waals surface area contributed by atoms with Crippen molar-refractivity contribution in [2.24, 2.45) is 0 Å². The molecule has 1 amide bonds. The Morgan fingerprint density at radius 3 is 2.71 bits per heavy atom. The maximum absolute atomic E-state index is 11.8. The molecule has 0 radical (unpaired) electrons. The van der Waals surface area contributed by atoms with Crippen LogP contribution >= 0.6 is 0 Å². The van der Waals surface area contributed by atoms with Gasteiger partial charge in [0, 0.05) is 18.2 Å². The zero-order chi connectivity index (χ0) is 15.6. The van der Waals surface area contributed by atoms with Crippen molar-refractivity contribution >= 4 is 16.9 Å². The van der Waals surface area contributed by atoms with Crippen molar-refractivity contribution in [3.05, 3.63) is 24.0 Å². The number of ether oxygens (including phenoxy) is 1. The Balaban J connectivity index is 2.11. The first-order valence-electron chi connectivity index (χ1n) is 7.21. The minimum atomic E-state index is -0.248. The Kier molecular flexibility index (Phi) is 4.21. The van der Waals surface area contributed by atoms with E-state index in [-0.39, 0.29) is 18.1 Å². The molecule has 5 heteroatoms. The molecule has 0 aliphatic carbocycles. The lowest BCUT2D eigenvalue weighted by Crippen LogP contribution is -2.43. The summed E-state index contributed by atoms with van der Waals surface area (Å²) in [5, 5.41) is 2.87. The third kappa shape index (κ3) is 3.74. The van der Waals surface area contributed by atoms with Gasteiger partial charge in [0.15, 0.2) is 6.61 Å². The number of aromatic nitrogens is 2. The first-order valence-corrected chi connectivity index (χ1v) is 7.21. The largest absolute Gasteiger partial charge is 0.484 e. The molecule has 1 aromatic heterocycles. The van der Waals surface area contributed by atoms with Gasteiger partial charge in [0.05, 0.1) is 11.0 Å². The van der Waals surface area contributed by atoms with Crippen molar-refractivity contribution in [3.8, 4) is 5.75 Å². The number of imidazole rings is 1. The van der Waals surface area contributed by atoms with Gasteiger partial charge in [-0.15, -0.1) is 0 Å². The van der Waals surface area contributed by atoms with Crippen LogP contribution in [-0.4, -0.2) is 27.6 Å². The van der Waals surface area contributed by atoms with Crippen LogP contribution in [0.2, 0.25) is 0 Å². The standard InChI is InChI=1S/C16H23N3O2/c1-6-19-11(2)17-13-8-7-12(9-14(13)19)21-10-15(20)18-16(3,4)5/h7-9H,6,10H2,1-5H3,(H,18,20). The van der Waals surface area contributed by atoms with Crippen LogP contribution in [0.15, 0.2) is 18.2 Å². The number of nitrogens with zero attached hydrogens (tertiary/aromatic N) is 2. The van der Waals surface area contributed by atoms with E-state index in [4.69, 9.17) is 4.74 Å². The summed E-state index contributed by atoms with van der Waals surface area (Å²) < 4.78 is 7.70. The highest BCUT2D eigenvalue weighted by molar-refractivity contribution is 5.79. The maximum atomic E-state index is 11.8. The molecule has 0 saturated heterocycles. The molecule has 0 spiro atoms. The van der Waals surface area contributed by atoms with Gasteiger partial charge in [0.25, 0.3) is 5.91 Å². The summed E-state index contributed by atoms with van der Waals surface area (Å²) in [5.74, 6) is 1.54. The number of carbonyl (C=O) groups is 1. The second kappa shape index (κ2) is 5.76. The van der Waals surface area contributed by atoms with Crippen LogP contribution in [0.3, 0.4) is 0 Å². The van der Waals surface area contributed by atoms with Gasteiger partial charge in [-0.25, -0.2) is 4.98 Å². The van der Waals surface area contributed by atoms with Crippen molar-refractivity contribution in [2.45, 2.75) is 46.7 Å². The predicted octanol–water partition coefficient (Wildman–Crippen LogP) is 2.66. The molecule has 1 heterocycles. The lowest BCUT2D eigenvalue weighted by molar-refractivity contribution is -0.124. The summed E-state index contributed by atoms with van der Waals surface area (Å²) in [7, 11) is 0. The molecule has 114 valence electrons. The van der Waals surface area contributed by atoms with E-state index < -0.39 is 0 Å².